The molecular formula is C62H77N15O11Si. The first-order valence-corrected chi connectivity index (χ1v) is 32.1. The van der Waals surface area contributed by atoms with Gasteiger partial charge in [0.05, 0.1) is 37.3 Å². The summed E-state index contributed by atoms with van der Waals surface area (Å²) in [5.41, 5.74) is 4.18. The zero-order valence-electron chi connectivity index (χ0n) is 50.2. The Balaban J connectivity index is 0.000000159. The lowest BCUT2D eigenvalue weighted by Crippen LogP contribution is -2.48. The number of amides is 3. The molecule has 26 nitrogen and oxygen atoms in total. The van der Waals surface area contributed by atoms with Gasteiger partial charge in [0, 0.05) is 22.6 Å². The molecular weight excluding hydrogens is 1160 g/mol. The number of aromatic nitrogens is 12. The molecule has 3 aromatic carbocycles. The molecule has 0 spiro atoms. The Labute approximate surface area is 515 Å². The van der Waals surface area contributed by atoms with Gasteiger partial charge in [-0.1, -0.05) is 110 Å². The van der Waals surface area contributed by atoms with E-state index in [-0.39, 0.29) is 54.1 Å². The molecule has 3 aliphatic heterocycles. The maximum absolute atomic E-state index is 12.7. The van der Waals surface area contributed by atoms with E-state index in [9.17, 15) is 34.8 Å². The maximum Gasteiger partial charge on any atom is 0.256 e. The topological polar surface area (TPSA) is 336 Å². The van der Waals surface area contributed by atoms with Gasteiger partial charge in [0.15, 0.2) is 77.9 Å². The lowest BCUT2D eigenvalue weighted by atomic mass is 9.99. The number of nitrogens with one attached hydrogen (secondary N) is 3. The Morgan fingerprint density at radius 3 is 1.18 bits per heavy atom. The van der Waals surface area contributed by atoms with Gasteiger partial charge < -0.3 is 55.0 Å². The van der Waals surface area contributed by atoms with Gasteiger partial charge in [-0.2, -0.15) is 0 Å². The van der Waals surface area contributed by atoms with Crippen molar-refractivity contribution in [2.45, 2.75) is 161 Å². The molecule has 27 heteroatoms. The third-order valence-electron chi connectivity index (χ3n) is 16.5. The third kappa shape index (κ3) is 13.5. The fourth-order valence-corrected chi connectivity index (χ4v) is 11.8. The number of carbonyl (C=O) groups is 3. The molecule has 3 fully saturated rings. The van der Waals surface area contributed by atoms with E-state index in [0.717, 1.165) is 6.42 Å². The molecule has 0 bridgehead atoms. The second-order valence-corrected chi connectivity index (χ2v) is 27.9. The van der Waals surface area contributed by atoms with Gasteiger partial charge in [-0.3, -0.25) is 28.1 Å². The first-order chi connectivity index (χ1) is 42.2. The highest BCUT2D eigenvalue weighted by atomic mass is 28.4. The highest BCUT2D eigenvalue weighted by molar-refractivity contribution is 6.74. The van der Waals surface area contributed by atoms with Crippen LogP contribution in [-0.4, -0.2) is 154 Å². The van der Waals surface area contributed by atoms with Gasteiger partial charge in [0.25, 0.3) is 17.7 Å². The number of carbonyl (C=O) groups excluding carboxylic acids is 3. The van der Waals surface area contributed by atoms with Gasteiger partial charge in [0.1, 0.15) is 49.5 Å². The van der Waals surface area contributed by atoms with Crippen molar-refractivity contribution in [3.8, 4) is 0 Å². The van der Waals surface area contributed by atoms with Crippen LogP contribution in [0, 0.1) is 5.92 Å². The molecule has 0 radical (unpaired) electrons. The zero-order chi connectivity index (χ0) is 62.6. The Bertz CT molecular complexity index is 3710. The summed E-state index contributed by atoms with van der Waals surface area (Å²) < 4.78 is 29.7. The van der Waals surface area contributed by atoms with Crippen LogP contribution in [0.3, 0.4) is 0 Å². The van der Waals surface area contributed by atoms with Crippen LogP contribution in [0.15, 0.2) is 129 Å². The Kier molecular flexibility index (Phi) is 20.2. The average Bonchev–Trinajstić information content (AvgIpc) is 1.76. The summed E-state index contributed by atoms with van der Waals surface area (Å²) >= 11 is 0. The summed E-state index contributed by atoms with van der Waals surface area (Å²) in [6.07, 6.45) is 3.75. The molecule has 12 atom stereocenters. The minimum atomic E-state index is -2.21. The minimum Gasteiger partial charge on any atom is -0.407 e. The second-order valence-electron chi connectivity index (χ2n) is 23.2. The molecule has 470 valence electrons. The van der Waals surface area contributed by atoms with Crippen molar-refractivity contribution in [3.63, 3.8) is 0 Å². The average molecular weight is 1240 g/mol. The van der Waals surface area contributed by atoms with Crippen molar-refractivity contribution in [1.29, 1.82) is 0 Å². The molecule has 0 aliphatic carbocycles. The number of hydrogen-bond acceptors (Lipinski definition) is 20. The largest absolute Gasteiger partial charge is 0.407 e. The third-order valence-corrected chi connectivity index (χ3v) is 21.0. The van der Waals surface area contributed by atoms with Crippen LogP contribution in [0.25, 0.3) is 33.5 Å². The summed E-state index contributed by atoms with van der Waals surface area (Å²) in [5.74, 6) is 0.0214. The molecule has 3 amide bonds. The number of benzene rings is 3. The standard InChI is InChI=1S/C24H33N5O4Si.C19H21N5O3.C18H19N5O4.CH4/c1-7-16-18(30)19(33-34(5,6)24(2,3)4)23(32-16)29-14-27-17-20(25-13-26-21(17)29)28-22(31)15-11-9-8-10-12-15;1-3-13-11(2)15(25)19(27-13)24-10-22-14-16(20-9-21-17(14)24)23-18(26)12-7-5-4-6-8-12;1-2-11-13(24)14(25)18(27-11)23-9-21-12-15(19-8-20-16(12)23)22-17(26)10-6-4-3-5-7-10;/h8-14,16,18-19,23,30H,7H2,1-6H3,(H,25,26,28,31);4-11,13,15,19,25H,3H2,1-2H3,(H,20,21,23,26);3-9,11,13-14,18,24-25H,2H2,1H3,(H,19,20,22,26);1H4/t16-,18-,19-,23-;11-,13-,15-,19-;11-,13-,14-,18-;/m111./s1. The fourth-order valence-electron chi connectivity index (χ4n) is 10.5. The Morgan fingerprint density at radius 2 is 0.831 bits per heavy atom. The van der Waals surface area contributed by atoms with Crippen LogP contribution < -0.4 is 16.0 Å². The highest BCUT2D eigenvalue weighted by Gasteiger charge is 2.51. The number of aliphatic hydroxyl groups excluding tert-OH is 4. The molecule has 3 aliphatic rings. The SMILES string of the molecule is C.CC[C@H]1O[C@@H](n2cnc3c(NC(=O)c4ccccc4)ncnc32)[C@H](O)[C@@H]1C.CC[C@H]1O[C@@H](n2cnc3c(NC(=O)c4ccccc4)ncnc32)[C@H](O)[C@@H]1O.CC[C@H]1O[C@@H](n2cnc3c(NC(=O)c4ccccc4)ncnc32)[C@H](O[Si](C)(C)C(C)(C)C)[C@@H]1O. The minimum absolute atomic E-state index is 0. The lowest BCUT2D eigenvalue weighted by molar-refractivity contribution is -0.0355. The van der Waals surface area contributed by atoms with Crippen molar-refractivity contribution in [3.05, 3.63) is 146 Å². The molecule has 12 rings (SSSR count). The quantitative estimate of drug-likeness (QED) is 0.0504. The smallest absolute Gasteiger partial charge is 0.256 e. The Hall–Kier alpha value is -8.38. The van der Waals surface area contributed by atoms with E-state index in [1.54, 1.807) is 99.2 Å². The van der Waals surface area contributed by atoms with Crippen molar-refractivity contribution >= 4 is 77.0 Å². The molecule has 0 saturated carbocycles. The summed E-state index contributed by atoms with van der Waals surface area (Å²) in [6, 6.07) is 26.6. The first kappa shape index (κ1) is 65.1. The van der Waals surface area contributed by atoms with Gasteiger partial charge in [0.2, 0.25) is 0 Å². The predicted molar refractivity (Wildman–Crippen MR) is 334 cm³/mol. The van der Waals surface area contributed by atoms with Crippen LogP contribution in [-0.2, 0) is 18.6 Å². The van der Waals surface area contributed by atoms with Crippen molar-refractivity contribution in [2.75, 3.05) is 16.0 Å². The number of aliphatic hydroxyl groups is 4. The summed E-state index contributed by atoms with van der Waals surface area (Å²) in [7, 11) is -2.21. The highest BCUT2D eigenvalue weighted by Crippen LogP contribution is 2.43. The van der Waals surface area contributed by atoms with Gasteiger partial charge >= 0.3 is 0 Å². The van der Waals surface area contributed by atoms with Crippen molar-refractivity contribution in [2.24, 2.45) is 5.92 Å². The van der Waals surface area contributed by atoms with E-state index in [4.69, 9.17) is 18.6 Å². The Morgan fingerprint density at radius 1 is 0.494 bits per heavy atom. The van der Waals surface area contributed by atoms with E-state index < -0.39 is 63.6 Å². The molecule has 9 aromatic rings. The van der Waals surface area contributed by atoms with Gasteiger partial charge in [-0.15, -0.1) is 0 Å². The number of ether oxygens (including phenoxy) is 3. The van der Waals surface area contributed by atoms with Crippen LogP contribution in [0.1, 0.15) is 125 Å². The number of rotatable bonds is 14. The van der Waals surface area contributed by atoms with E-state index >= 15 is 0 Å². The summed E-state index contributed by atoms with van der Waals surface area (Å²) in [6.45, 7) is 18.6. The molecule has 3 saturated heterocycles. The lowest BCUT2D eigenvalue weighted by Gasteiger charge is -2.40. The normalized spacial score (nSPS) is 24.1. The monoisotopic (exact) mass is 1240 g/mol. The van der Waals surface area contributed by atoms with Crippen molar-refractivity contribution < 1.29 is 53.4 Å². The number of imidazole rings is 3. The van der Waals surface area contributed by atoms with Crippen LogP contribution in [0.4, 0.5) is 17.5 Å². The number of hydrogen-bond donors (Lipinski definition) is 7. The van der Waals surface area contributed by atoms with E-state index in [1.165, 1.54) is 25.3 Å². The predicted octanol–water partition coefficient (Wildman–Crippen LogP) is 8.26. The fraction of sp³-hybridized carbons (Fsp3) is 0.419. The molecule has 6 aromatic heterocycles. The molecule has 89 heavy (non-hydrogen) atoms. The molecule has 0 unspecified atom stereocenters. The summed E-state index contributed by atoms with van der Waals surface area (Å²) in [4.78, 5) is 76.0. The van der Waals surface area contributed by atoms with Crippen LogP contribution in [0.2, 0.25) is 18.1 Å². The van der Waals surface area contributed by atoms with Crippen LogP contribution >= 0.6 is 0 Å². The number of fused-ring (bicyclic) bond motifs is 3. The number of anilines is 3. The zero-order valence-corrected chi connectivity index (χ0v) is 51.2. The van der Waals surface area contributed by atoms with Gasteiger partial charge in [-0.25, -0.2) is 44.9 Å². The van der Waals surface area contributed by atoms with E-state index in [0.29, 0.717) is 74.7 Å². The maximum atomic E-state index is 12.7. The molecule has 9 heterocycles. The van der Waals surface area contributed by atoms with Gasteiger partial charge in [-0.05, 0) is 73.8 Å². The van der Waals surface area contributed by atoms with Crippen molar-refractivity contribution in [1.82, 2.24) is 58.6 Å². The molecule has 7 N–H and O–H groups in total. The number of nitrogens with zero attached hydrogens (tertiary/aromatic N) is 12. The van der Waals surface area contributed by atoms with Crippen LogP contribution in [0.5, 0.6) is 0 Å². The first-order valence-electron chi connectivity index (χ1n) is 29.2. The second kappa shape index (κ2) is 27.6. The van der Waals surface area contributed by atoms with E-state index in [1.807, 2.05) is 45.9 Å². The van der Waals surface area contributed by atoms with E-state index in [2.05, 4.69) is 94.7 Å². The summed E-state index contributed by atoms with van der Waals surface area (Å²) in [5, 5.41) is 50.3.